The van der Waals surface area contributed by atoms with Gasteiger partial charge in [-0.05, 0) is 12.5 Å². The molecule has 0 spiro atoms. The number of benzene rings is 1. The highest BCUT2D eigenvalue weighted by molar-refractivity contribution is 8.00. The van der Waals surface area contributed by atoms with Gasteiger partial charge in [0.2, 0.25) is 0 Å². The van der Waals surface area contributed by atoms with Gasteiger partial charge in [0, 0.05) is 29.6 Å². The van der Waals surface area contributed by atoms with Crippen LogP contribution in [0.3, 0.4) is 0 Å². The van der Waals surface area contributed by atoms with Crippen molar-refractivity contribution in [3.63, 3.8) is 0 Å². The lowest BCUT2D eigenvalue weighted by Crippen LogP contribution is -2.48. The molecule has 4 rings (SSSR count). The number of fused-ring (bicyclic) bond motifs is 1. The Hall–Kier alpha value is -1.50. The number of thioether (sulfide) groups is 1. The monoisotopic (exact) mass is 377 g/mol. The normalized spacial score (nSPS) is 23.4. The van der Waals surface area contributed by atoms with Crippen LogP contribution in [-0.2, 0) is 4.79 Å². The molecule has 1 aromatic carbocycles. The summed E-state index contributed by atoms with van der Waals surface area (Å²) in [5.41, 5.74) is 1.75. The Balaban J connectivity index is 1.74. The minimum absolute atomic E-state index is 0.0268. The lowest BCUT2D eigenvalue weighted by Gasteiger charge is -2.40. The highest BCUT2D eigenvalue weighted by Crippen LogP contribution is 2.46. The van der Waals surface area contributed by atoms with E-state index in [1.54, 1.807) is 18.0 Å². The second kappa shape index (κ2) is 6.43. The van der Waals surface area contributed by atoms with Crippen LogP contribution in [0.1, 0.15) is 23.4 Å². The molecule has 7 heteroatoms. The van der Waals surface area contributed by atoms with Crippen LogP contribution in [-0.4, -0.2) is 38.5 Å². The fraction of sp³-hybridized carbons (Fsp3) is 0.294. The molecule has 2 aromatic rings. The molecule has 0 bridgehead atoms. The van der Waals surface area contributed by atoms with E-state index < -0.39 is 0 Å². The quantitative estimate of drug-likeness (QED) is 0.807. The Morgan fingerprint density at radius 1 is 1.33 bits per heavy atom. The average molecular weight is 378 g/mol. The van der Waals surface area contributed by atoms with Gasteiger partial charge in [0.25, 0.3) is 5.91 Å². The van der Waals surface area contributed by atoms with Crippen molar-refractivity contribution in [1.82, 2.24) is 14.8 Å². The van der Waals surface area contributed by atoms with Crippen molar-refractivity contribution in [1.29, 1.82) is 0 Å². The molecule has 2 aliphatic heterocycles. The third kappa shape index (κ3) is 2.62. The summed E-state index contributed by atoms with van der Waals surface area (Å²) in [5.74, 6) is 0.942. The van der Waals surface area contributed by atoms with Gasteiger partial charge >= 0.3 is 0 Å². The number of aromatic nitrogens is 1. The molecule has 1 saturated heterocycles. The molecule has 1 unspecified atom stereocenters. The van der Waals surface area contributed by atoms with E-state index in [4.69, 9.17) is 11.6 Å². The number of carbonyl (C=O) groups is 1. The Morgan fingerprint density at radius 2 is 2.12 bits per heavy atom. The second-order valence-electron chi connectivity index (χ2n) is 5.64. The summed E-state index contributed by atoms with van der Waals surface area (Å²) in [6, 6.07) is 9.89. The number of nitrogens with zero attached hydrogens (tertiary/aromatic N) is 3. The van der Waals surface area contributed by atoms with Gasteiger partial charge in [-0.2, -0.15) is 0 Å². The van der Waals surface area contributed by atoms with Crippen LogP contribution in [0, 0.1) is 0 Å². The van der Waals surface area contributed by atoms with E-state index in [2.05, 4.69) is 16.8 Å². The van der Waals surface area contributed by atoms with E-state index in [0.29, 0.717) is 4.47 Å². The number of hydrogen-bond acceptors (Lipinski definition) is 5. The van der Waals surface area contributed by atoms with Crippen LogP contribution >= 0.6 is 34.7 Å². The maximum atomic E-state index is 13.2. The first-order chi connectivity index (χ1) is 11.7. The Kier molecular flexibility index (Phi) is 4.28. The van der Waals surface area contributed by atoms with Crippen LogP contribution < -0.4 is 0 Å². The molecule has 1 fully saturated rings. The number of rotatable bonds is 3. The highest BCUT2D eigenvalue weighted by Gasteiger charge is 2.45. The van der Waals surface area contributed by atoms with Crippen molar-refractivity contribution >= 4 is 46.2 Å². The van der Waals surface area contributed by atoms with E-state index in [1.807, 2.05) is 41.4 Å². The first-order valence-electron chi connectivity index (χ1n) is 7.77. The predicted octanol–water partition coefficient (Wildman–Crippen LogP) is 4.07. The van der Waals surface area contributed by atoms with E-state index in [0.717, 1.165) is 28.3 Å². The highest BCUT2D eigenvalue weighted by atomic mass is 35.5. The topological polar surface area (TPSA) is 36.4 Å². The van der Waals surface area contributed by atoms with Crippen molar-refractivity contribution in [3.8, 4) is 0 Å². The van der Waals surface area contributed by atoms with Crippen LogP contribution in [0.2, 0.25) is 4.47 Å². The van der Waals surface area contributed by atoms with Crippen LogP contribution in [0.15, 0.2) is 42.7 Å². The minimum atomic E-state index is 0.0268. The Labute approximate surface area is 154 Å². The van der Waals surface area contributed by atoms with Gasteiger partial charge in [-0.15, -0.1) is 23.1 Å². The first kappa shape index (κ1) is 16.0. The van der Waals surface area contributed by atoms with Crippen molar-refractivity contribution < 1.29 is 4.79 Å². The molecule has 0 N–H and O–H groups in total. The summed E-state index contributed by atoms with van der Waals surface area (Å²) in [6.07, 6.45) is 3.80. The molecule has 2 aliphatic rings. The van der Waals surface area contributed by atoms with Gasteiger partial charge in [0.05, 0.1) is 11.6 Å². The fourth-order valence-electron chi connectivity index (χ4n) is 3.11. The molecule has 1 amide bonds. The van der Waals surface area contributed by atoms with Crippen LogP contribution in [0.25, 0.3) is 5.57 Å². The molecule has 4 nitrogen and oxygen atoms in total. The Morgan fingerprint density at radius 3 is 2.79 bits per heavy atom. The number of halogens is 1. The SMILES string of the molecule is CCN1C=C(c2ccccc2)C(=O)N2C1SC[C@@H]2c1cnc(Cl)s1. The molecule has 0 radical (unpaired) electrons. The summed E-state index contributed by atoms with van der Waals surface area (Å²) in [7, 11) is 0. The fourth-order valence-corrected chi connectivity index (χ4v) is 5.77. The van der Waals surface area contributed by atoms with Gasteiger partial charge in [-0.25, -0.2) is 4.98 Å². The summed E-state index contributed by atoms with van der Waals surface area (Å²) in [4.78, 5) is 22.6. The van der Waals surface area contributed by atoms with E-state index >= 15 is 0 Å². The van der Waals surface area contributed by atoms with Gasteiger partial charge in [-0.3, -0.25) is 4.79 Å². The summed E-state index contributed by atoms with van der Waals surface area (Å²) >= 11 is 9.26. The molecule has 0 saturated carbocycles. The van der Waals surface area contributed by atoms with E-state index in [9.17, 15) is 4.79 Å². The summed E-state index contributed by atoms with van der Waals surface area (Å²) in [5, 5.41) is 0. The molecule has 2 atom stereocenters. The number of amides is 1. The maximum absolute atomic E-state index is 13.2. The number of carbonyl (C=O) groups excluding carboxylic acids is 1. The smallest absolute Gasteiger partial charge is 0.258 e. The molecular formula is C17H16ClN3OS2. The van der Waals surface area contributed by atoms with Crippen molar-refractivity contribution in [2.24, 2.45) is 0 Å². The van der Waals surface area contributed by atoms with Crippen molar-refractivity contribution in [3.05, 3.63) is 57.6 Å². The number of thiazole rings is 1. The van der Waals surface area contributed by atoms with Crippen LogP contribution in [0.5, 0.6) is 0 Å². The third-order valence-electron chi connectivity index (χ3n) is 4.29. The zero-order valence-electron chi connectivity index (χ0n) is 13.1. The molecule has 1 aromatic heterocycles. The summed E-state index contributed by atoms with van der Waals surface area (Å²) < 4.78 is 0.522. The van der Waals surface area contributed by atoms with E-state index in [1.165, 1.54) is 11.3 Å². The Bertz CT molecular complexity index is 792. The molecule has 24 heavy (non-hydrogen) atoms. The standard InChI is InChI=1S/C17H16ClN3OS2/c1-2-20-9-12(11-6-4-3-5-7-11)15(22)21-13(10-23-17(20)21)14-8-19-16(18)24-14/h3-9,13,17H,2,10H2,1H3/t13-,17?/m1/s1. The number of hydrogen-bond donors (Lipinski definition) is 0. The average Bonchev–Trinajstić information content (AvgIpc) is 3.23. The maximum Gasteiger partial charge on any atom is 0.258 e. The van der Waals surface area contributed by atoms with Gasteiger partial charge < -0.3 is 9.80 Å². The zero-order valence-corrected chi connectivity index (χ0v) is 15.4. The predicted molar refractivity (Wildman–Crippen MR) is 99.8 cm³/mol. The second-order valence-corrected chi connectivity index (χ2v) is 8.38. The largest absolute Gasteiger partial charge is 0.348 e. The molecular weight excluding hydrogens is 362 g/mol. The first-order valence-corrected chi connectivity index (χ1v) is 10.0. The van der Waals surface area contributed by atoms with Crippen molar-refractivity contribution in [2.45, 2.75) is 18.5 Å². The molecule has 0 aliphatic carbocycles. The lowest BCUT2D eigenvalue weighted by molar-refractivity contribution is -0.130. The minimum Gasteiger partial charge on any atom is -0.348 e. The van der Waals surface area contributed by atoms with Gasteiger partial charge in [0.15, 0.2) is 9.96 Å². The summed E-state index contributed by atoms with van der Waals surface area (Å²) in [6.45, 7) is 2.97. The zero-order chi connectivity index (χ0) is 16.7. The lowest BCUT2D eigenvalue weighted by atomic mass is 10.0. The third-order valence-corrected chi connectivity index (χ3v) is 6.81. The van der Waals surface area contributed by atoms with Gasteiger partial charge in [-0.1, -0.05) is 41.9 Å². The van der Waals surface area contributed by atoms with Crippen molar-refractivity contribution in [2.75, 3.05) is 12.3 Å². The molecule has 124 valence electrons. The van der Waals surface area contributed by atoms with Crippen LogP contribution in [0.4, 0.5) is 0 Å². The molecule has 3 heterocycles. The van der Waals surface area contributed by atoms with Gasteiger partial charge in [0.1, 0.15) is 0 Å². The van der Waals surface area contributed by atoms with E-state index in [-0.39, 0.29) is 17.4 Å².